The Morgan fingerprint density at radius 1 is 1.10 bits per heavy atom. The summed E-state index contributed by atoms with van der Waals surface area (Å²) in [6.07, 6.45) is 3.14. The van der Waals surface area contributed by atoms with Crippen LogP contribution in [0.3, 0.4) is 0 Å². The van der Waals surface area contributed by atoms with Gasteiger partial charge in [-0.3, -0.25) is 13.9 Å². The van der Waals surface area contributed by atoms with Gasteiger partial charge >= 0.3 is 0 Å². The van der Waals surface area contributed by atoms with E-state index in [1.54, 1.807) is 29.8 Å². The van der Waals surface area contributed by atoms with Crippen molar-refractivity contribution in [2.24, 2.45) is 7.05 Å². The molecule has 7 nitrogen and oxygen atoms in total. The lowest BCUT2D eigenvalue weighted by Gasteiger charge is -2.13. The molecule has 0 saturated carbocycles. The second-order valence-electron chi connectivity index (χ2n) is 8.04. The highest BCUT2D eigenvalue weighted by atomic mass is 19.2. The molecule has 9 heteroatoms. The first kappa shape index (κ1) is 19.7. The highest BCUT2D eigenvalue weighted by molar-refractivity contribution is 6.02. The van der Waals surface area contributed by atoms with Crippen LogP contribution in [0.5, 0.6) is 0 Å². The predicted octanol–water partition coefficient (Wildman–Crippen LogP) is 3.96. The number of halogens is 2. The lowest BCUT2D eigenvalue weighted by Crippen LogP contribution is -2.17. The first-order valence-corrected chi connectivity index (χ1v) is 9.28. The summed E-state index contributed by atoms with van der Waals surface area (Å²) in [5, 5.41) is 7.15. The van der Waals surface area contributed by atoms with E-state index in [0.717, 1.165) is 17.8 Å². The van der Waals surface area contributed by atoms with Gasteiger partial charge < -0.3 is 5.32 Å². The summed E-state index contributed by atoms with van der Waals surface area (Å²) in [6, 6.07) is 6.94. The fraction of sp³-hybridized carbons (Fsp3) is 0.238. The Bertz CT molecular complexity index is 1270. The highest BCUT2D eigenvalue weighted by Gasteiger charge is 2.22. The maximum Gasteiger partial charge on any atom is 0.275 e. The Kier molecular flexibility index (Phi) is 4.60. The number of aromatic nitrogens is 5. The van der Waals surface area contributed by atoms with Gasteiger partial charge in [-0.1, -0.05) is 20.8 Å². The minimum Gasteiger partial charge on any atom is -0.305 e. The number of nitrogens with one attached hydrogen (secondary N) is 1. The van der Waals surface area contributed by atoms with Crippen LogP contribution in [0.4, 0.5) is 14.6 Å². The van der Waals surface area contributed by atoms with E-state index in [4.69, 9.17) is 0 Å². The molecule has 0 aliphatic rings. The number of anilines is 1. The lowest BCUT2D eigenvalue weighted by atomic mass is 9.92. The zero-order valence-corrected chi connectivity index (χ0v) is 16.9. The van der Waals surface area contributed by atoms with Crippen LogP contribution in [0.25, 0.3) is 16.9 Å². The normalized spacial score (nSPS) is 11.8. The largest absolute Gasteiger partial charge is 0.305 e. The number of amides is 1. The summed E-state index contributed by atoms with van der Waals surface area (Å²) in [7, 11) is 1.71. The Labute approximate surface area is 171 Å². The number of carbonyl (C=O) groups excluding carboxylic acids is 1. The maximum absolute atomic E-state index is 13.5. The third kappa shape index (κ3) is 3.66. The maximum atomic E-state index is 13.5. The number of imidazole rings is 1. The van der Waals surface area contributed by atoms with E-state index in [1.165, 1.54) is 17.1 Å². The molecule has 3 aromatic heterocycles. The monoisotopic (exact) mass is 410 g/mol. The van der Waals surface area contributed by atoms with Gasteiger partial charge in [0.1, 0.15) is 23.5 Å². The molecule has 1 aromatic carbocycles. The summed E-state index contributed by atoms with van der Waals surface area (Å²) in [5.41, 5.74) is 2.43. The topological polar surface area (TPSA) is 77.1 Å². The quantitative estimate of drug-likeness (QED) is 0.555. The van der Waals surface area contributed by atoms with Crippen LogP contribution in [0.15, 0.2) is 42.9 Å². The van der Waals surface area contributed by atoms with Gasteiger partial charge in [0.15, 0.2) is 11.6 Å². The molecule has 0 aliphatic carbocycles. The first-order chi connectivity index (χ1) is 14.1. The predicted molar refractivity (Wildman–Crippen MR) is 108 cm³/mol. The Balaban J connectivity index is 1.60. The SMILES string of the molecule is Cn1nc(C(C)(C)C)cc1C(=O)Nc1cc2nc(-c3ccc(F)c(F)c3)cn2cn1. The molecule has 1 amide bonds. The number of hydrogen-bond donors (Lipinski definition) is 1. The van der Waals surface area contributed by atoms with Crippen molar-refractivity contribution in [1.29, 1.82) is 0 Å². The standard InChI is InChI=1S/C21H20F2N6O/c1-21(2,3)17-8-16(28(4)27-17)20(30)26-18-9-19-25-15(10-29(19)11-24-18)12-5-6-13(22)14(23)7-12/h5-11H,1-4H3,(H,26,30). The van der Waals surface area contributed by atoms with Crippen molar-refractivity contribution >= 4 is 17.4 Å². The molecule has 0 spiro atoms. The van der Waals surface area contributed by atoms with E-state index >= 15 is 0 Å². The molecule has 0 atom stereocenters. The van der Waals surface area contributed by atoms with Gasteiger partial charge in [-0.05, 0) is 24.3 Å². The van der Waals surface area contributed by atoms with Crippen LogP contribution in [0, 0.1) is 11.6 Å². The molecule has 0 bridgehead atoms. The molecule has 0 fully saturated rings. The zero-order chi connectivity index (χ0) is 21.6. The van der Waals surface area contributed by atoms with E-state index in [2.05, 4.69) is 20.4 Å². The Morgan fingerprint density at radius 2 is 1.87 bits per heavy atom. The average molecular weight is 410 g/mol. The van der Waals surface area contributed by atoms with Crippen molar-refractivity contribution in [1.82, 2.24) is 24.1 Å². The summed E-state index contributed by atoms with van der Waals surface area (Å²) >= 11 is 0. The van der Waals surface area contributed by atoms with Crippen LogP contribution in [-0.4, -0.2) is 30.1 Å². The number of fused-ring (bicyclic) bond motifs is 1. The number of rotatable bonds is 3. The van der Waals surface area contributed by atoms with E-state index in [1.807, 2.05) is 20.8 Å². The van der Waals surface area contributed by atoms with E-state index in [9.17, 15) is 13.6 Å². The highest BCUT2D eigenvalue weighted by Crippen LogP contribution is 2.23. The van der Waals surface area contributed by atoms with E-state index < -0.39 is 11.6 Å². The molecule has 0 saturated heterocycles. The van der Waals surface area contributed by atoms with Crippen LogP contribution in [-0.2, 0) is 12.5 Å². The average Bonchev–Trinajstić information content (AvgIpc) is 3.27. The molecule has 4 aromatic rings. The number of carbonyl (C=O) groups is 1. The van der Waals surface area contributed by atoms with Gasteiger partial charge in [0, 0.05) is 30.3 Å². The first-order valence-electron chi connectivity index (χ1n) is 9.28. The minimum atomic E-state index is -0.943. The Morgan fingerprint density at radius 3 is 2.53 bits per heavy atom. The van der Waals surface area contributed by atoms with Crippen LogP contribution >= 0.6 is 0 Å². The Hall–Kier alpha value is -3.62. The van der Waals surface area contributed by atoms with Gasteiger partial charge in [0.25, 0.3) is 5.91 Å². The number of nitrogens with zero attached hydrogens (tertiary/aromatic N) is 5. The molecule has 3 heterocycles. The third-order valence-electron chi connectivity index (χ3n) is 4.69. The van der Waals surface area contributed by atoms with Crippen LogP contribution < -0.4 is 5.32 Å². The summed E-state index contributed by atoms with van der Waals surface area (Å²) in [5.74, 6) is -1.89. The number of benzene rings is 1. The van der Waals surface area contributed by atoms with Crippen molar-refractivity contribution in [3.8, 4) is 11.3 Å². The molecule has 0 unspecified atom stereocenters. The van der Waals surface area contributed by atoms with Gasteiger partial charge in [-0.15, -0.1) is 0 Å². The minimum absolute atomic E-state index is 0.181. The van der Waals surface area contributed by atoms with Gasteiger partial charge in [-0.2, -0.15) is 5.10 Å². The van der Waals surface area contributed by atoms with Crippen molar-refractivity contribution in [3.05, 3.63) is 65.9 Å². The lowest BCUT2D eigenvalue weighted by molar-refractivity contribution is 0.101. The van der Waals surface area contributed by atoms with Crippen LogP contribution in [0.1, 0.15) is 37.0 Å². The number of hydrogen-bond acceptors (Lipinski definition) is 4. The van der Waals surface area contributed by atoms with Crippen molar-refractivity contribution < 1.29 is 13.6 Å². The molecular formula is C21H20F2N6O. The summed E-state index contributed by atoms with van der Waals surface area (Å²) in [4.78, 5) is 21.3. The second-order valence-corrected chi connectivity index (χ2v) is 8.04. The molecule has 1 N–H and O–H groups in total. The fourth-order valence-electron chi connectivity index (χ4n) is 2.98. The summed E-state index contributed by atoms with van der Waals surface area (Å²) < 4.78 is 29.9. The molecule has 0 radical (unpaired) electrons. The zero-order valence-electron chi connectivity index (χ0n) is 16.9. The van der Waals surface area contributed by atoms with Crippen molar-refractivity contribution in [2.75, 3.05) is 5.32 Å². The van der Waals surface area contributed by atoms with Crippen LogP contribution in [0.2, 0.25) is 0 Å². The molecular weight excluding hydrogens is 390 g/mol. The van der Waals surface area contributed by atoms with Gasteiger partial charge in [0.2, 0.25) is 0 Å². The molecule has 0 aliphatic heterocycles. The van der Waals surface area contributed by atoms with E-state index in [-0.39, 0.29) is 11.3 Å². The molecule has 30 heavy (non-hydrogen) atoms. The molecule has 154 valence electrons. The number of aryl methyl sites for hydroxylation is 1. The van der Waals surface area contributed by atoms with Crippen molar-refractivity contribution in [3.63, 3.8) is 0 Å². The third-order valence-corrected chi connectivity index (χ3v) is 4.69. The van der Waals surface area contributed by atoms with Gasteiger partial charge in [0.05, 0.1) is 11.4 Å². The van der Waals surface area contributed by atoms with Crippen molar-refractivity contribution in [2.45, 2.75) is 26.2 Å². The summed E-state index contributed by atoms with van der Waals surface area (Å²) in [6.45, 7) is 6.07. The fourth-order valence-corrected chi connectivity index (χ4v) is 2.98. The van der Waals surface area contributed by atoms with Gasteiger partial charge in [-0.25, -0.2) is 18.7 Å². The smallest absolute Gasteiger partial charge is 0.275 e. The molecule has 4 rings (SSSR count). The second kappa shape index (κ2) is 7.01. The van der Waals surface area contributed by atoms with E-state index in [0.29, 0.717) is 28.4 Å².